The highest BCUT2D eigenvalue weighted by Crippen LogP contribution is 2.28. The maximum atomic E-state index is 6.38. The lowest BCUT2D eigenvalue weighted by atomic mass is 10.6. The van der Waals surface area contributed by atoms with Crippen LogP contribution in [0.25, 0.3) is 0 Å². The summed E-state index contributed by atoms with van der Waals surface area (Å²) in [5.41, 5.74) is 1.86. The quantitative estimate of drug-likeness (QED) is 0.511. The molecule has 18 heavy (non-hydrogen) atoms. The standard InChI is InChI=1S/C11H26O4Si3/c1-8-18(7,15-17(5,6)12-2)14-16(3,4)10-11-9-13-11/h8,11H,1,9-10H2,2-7H3. The van der Waals surface area contributed by atoms with E-state index in [9.17, 15) is 0 Å². The average molecular weight is 307 g/mol. The topological polar surface area (TPSA) is 40.2 Å². The van der Waals surface area contributed by atoms with Crippen molar-refractivity contribution in [3.63, 3.8) is 0 Å². The summed E-state index contributed by atoms with van der Waals surface area (Å²) in [5, 5.41) is 0. The summed E-state index contributed by atoms with van der Waals surface area (Å²) in [6.07, 6.45) is 0.405. The first-order valence-corrected chi connectivity index (χ1v) is 14.6. The van der Waals surface area contributed by atoms with Crippen LogP contribution < -0.4 is 0 Å². The summed E-state index contributed by atoms with van der Waals surface area (Å²) in [7, 11) is -4.52. The van der Waals surface area contributed by atoms with E-state index in [4.69, 9.17) is 17.4 Å². The SMILES string of the molecule is C=C[Si](C)(O[Si](C)(C)CC1CO1)O[Si](C)(C)OC. The van der Waals surface area contributed by atoms with E-state index in [0.717, 1.165) is 12.7 Å². The minimum absolute atomic E-state index is 0.405. The van der Waals surface area contributed by atoms with E-state index >= 15 is 0 Å². The third-order valence-electron chi connectivity index (χ3n) is 2.91. The number of epoxide rings is 1. The van der Waals surface area contributed by atoms with Crippen LogP contribution in [0.4, 0.5) is 0 Å². The normalized spacial score (nSPS) is 23.6. The highest BCUT2D eigenvalue weighted by Gasteiger charge is 2.44. The van der Waals surface area contributed by atoms with Crippen LogP contribution in [0, 0.1) is 0 Å². The summed E-state index contributed by atoms with van der Waals surface area (Å²) in [5.74, 6) is 0. The second kappa shape index (κ2) is 5.70. The molecule has 4 nitrogen and oxygen atoms in total. The monoisotopic (exact) mass is 306 g/mol. The molecule has 0 N–H and O–H groups in total. The third-order valence-corrected chi connectivity index (χ3v) is 13.5. The summed E-state index contributed by atoms with van der Waals surface area (Å²) < 4.78 is 23.3. The fourth-order valence-electron chi connectivity index (χ4n) is 1.96. The van der Waals surface area contributed by atoms with E-state index in [0.29, 0.717) is 6.10 Å². The van der Waals surface area contributed by atoms with E-state index in [-0.39, 0.29) is 0 Å². The molecule has 1 aliphatic heterocycles. The Labute approximate surface area is 114 Å². The van der Waals surface area contributed by atoms with E-state index in [1.807, 2.05) is 18.8 Å². The van der Waals surface area contributed by atoms with Crippen molar-refractivity contribution < 1.29 is 17.4 Å². The van der Waals surface area contributed by atoms with Crippen LogP contribution in [0.5, 0.6) is 0 Å². The van der Waals surface area contributed by atoms with E-state index < -0.39 is 25.4 Å². The average Bonchev–Trinajstić information content (AvgIpc) is 2.99. The Balaban J connectivity index is 2.65. The van der Waals surface area contributed by atoms with Crippen molar-refractivity contribution in [1.82, 2.24) is 0 Å². The molecule has 0 bridgehead atoms. The van der Waals surface area contributed by atoms with E-state index in [1.165, 1.54) is 0 Å². The number of hydrogen-bond acceptors (Lipinski definition) is 4. The van der Waals surface area contributed by atoms with Gasteiger partial charge in [-0.2, -0.15) is 0 Å². The van der Waals surface area contributed by atoms with Gasteiger partial charge in [0.25, 0.3) is 0 Å². The van der Waals surface area contributed by atoms with Gasteiger partial charge in [0, 0.05) is 7.11 Å². The van der Waals surface area contributed by atoms with Gasteiger partial charge in [-0.1, -0.05) is 5.70 Å². The molecule has 1 aliphatic rings. The van der Waals surface area contributed by atoms with E-state index in [1.54, 1.807) is 7.11 Å². The van der Waals surface area contributed by atoms with Crippen LogP contribution >= 0.6 is 0 Å². The van der Waals surface area contributed by atoms with Gasteiger partial charge in [-0.05, 0) is 38.8 Å². The van der Waals surface area contributed by atoms with Crippen LogP contribution in [-0.4, -0.2) is 45.3 Å². The first-order chi connectivity index (χ1) is 8.11. The molecule has 0 aromatic carbocycles. The Morgan fingerprint density at radius 2 is 1.78 bits per heavy atom. The van der Waals surface area contributed by atoms with Crippen molar-refractivity contribution in [2.45, 2.75) is 44.9 Å². The lowest BCUT2D eigenvalue weighted by molar-refractivity contribution is 0.282. The molecule has 2 unspecified atom stereocenters. The van der Waals surface area contributed by atoms with Gasteiger partial charge in [-0.15, -0.1) is 6.58 Å². The minimum Gasteiger partial charge on any atom is -0.433 e. The lowest BCUT2D eigenvalue weighted by Crippen LogP contribution is -2.54. The summed E-state index contributed by atoms with van der Waals surface area (Å²) >= 11 is 0. The molecule has 0 radical (unpaired) electrons. The van der Waals surface area contributed by atoms with Gasteiger partial charge >= 0.3 is 17.1 Å². The lowest BCUT2D eigenvalue weighted by Gasteiger charge is -2.37. The van der Waals surface area contributed by atoms with Crippen LogP contribution in [0.2, 0.25) is 38.8 Å². The van der Waals surface area contributed by atoms with Crippen molar-refractivity contribution in [3.05, 3.63) is 12.3 Å². The fraction of sp³-hybridized carbons (Fsp3) is 0.818. The molecule has 1 heterocycles. The van der Waals surface area contributed by atoms with Crippen LogP contribution in [0.1, 0.15) is 0 Å². The molecule has 0 spiro atoms. The molecule has 7 heteroatoms. The Hall–Kier alpha value is 0.231. The maximum absolute atomic E-state index is 6.38. The third kappa shape index (κ3) is 5.47. The first kappa shape index (κ1) is 16.3. The van der Waals surface area contributed by atoms with Gasteiger partial charge in [-0.25, -0.2) is 0 Å². The van der Waals surface area contributed by atoms with Crippen molar-refractivity contribution in [1.29, 1.82) is 0 Å². The molecule has 0 aromatic heterocycles. The van der Waals surface area contributed by atoms with Crippen LogP contribution in [-0.2, 0) is 17.4 Å². The Morgan fingerprint density at radius 1 is 1.22 bits per heavy atom. The predicted octanol–water partition coefficient (Wildman–Crippen LogP) is 2.77. The zero-order valence-corrected chi connectivity index (χ0v) is 15.4. The van der Waals surface area contributed by atoms with Crippen molar-refractivity contribution >= 4 is 25.4 Å². The Morgan fingerprint density at radius 3 is 2.17 bits per heavy atom. The summed E-state index contributed by atoms with van der Waals surface area (Å²) in [6.45, 7) is 15.3. The number of hydrogen-bond donors (Lipinski definition) is 0. The molecule has 0 amide bonds. The molecule has 1 rings (SSSR count). The van der Waals surface area contributed by atoms with Crippen LogP contribution in [0.15, 0.2) is 12.3 Å². The van der Waals surface area contributed by atoms with Crippen LogP contribution in [0.3, 0.4) is 0 Å². The van der Waals surface area contributed by atoms with Gasteiger partial charge in [0.15, 0.2) is 8.32 Å². The van der Waals surface area contributed by atoms with Gasteiger partial charge < -0.3 is 17.4 Å². The zero-order chi connectivity index (χ0) is 14.0. The van der Waals surface area contributed by atoms with Gasteiger partial charge in [0.2, 0.25) is 0 Å². The molecular formula is C11H26O4Si3. The maximum Gasteiger partial charge on any atom is 0.342 e. The van der Waals surface area contributed by atoms with Gasteiger partial charge in [0.05, 0.1) is 12.7 Å². The number of ether oxygens (including phenoxy) is 1. The Kier molecular flexibility index (Phi) is 5.15. The fourth-order valence-corrected chi connectivity index (χ4v) is 13.5. The van der Waals surface area contributed by atoms with Crippen molar-refractivity contribution in [3.8, 4) is 0 Å². The molecule has 0 aromatic rings. The smallest absolute Gasteiger partial charge is 0.342 e. The molecule has 0 saturated carbocycles. The zero-order valence-electron chi connectivity index (χ0n) is 12.4. The highest BCUT2D eigenvalue weighted by molar-refractivity contribution is 6.89. The molecule has 1 fully saturated rings. The van der Waals surface area contributed by atoms with Crippen molar-refractivity contribution in [2.24, 2.45) is 0 Å². The molecule has 1 saturated heterocycles. The highest BCUT2D eigenvalue weighted by atomic mass is 28.5. The predicted molar refractivity (Wildman–Crippen MR) is 80.5 cm³/mol. The number of rotatable bonds is 8. The summed E-state index contributed by atoms with van der Waals surface area (Å²) in [4.78, 5) is 0. The largest absolute Gasteiger partial charge is 0.433 e. The van der Waals surface area contributed by atoms with Gasteiger partial charge in [0.1, 0.15) is 0 Å². The van der Waals surface area contributed by atoms with Gasteiger partial charge in [-0.3, -0.25) is 0 Å². The molecule has 0 aliphatic carbocycles. The molecule has 106 valence electrons. The first-order valence-electron chi connectivity index (χ1n) is 6.32. The molecular weight excluding hydrogens is 280 g/mol. The summed E-state index contributed by atoms with van der Waals surface area (Å²) in [6, 6.07) is 1.03. The second-order valence-corrected chi connectivity index (χ2v) is 17.2. The van der Waals surface area contributed by atoms with Crippen molar-refractivity contribution in [2.75, 3.05) is 13.7 Å². The van der Waals surface area contributed by atoms with E-state index in [2.05, 4.69) is 26.2 Å². The second-order valence-electron chi connectivity index (χ2n) is 5.95. The Bertz CT molecular complexity index is 305. The molecule has 2 atom stereocenters. The minimum atomic E-state index is -2.35.